The molecule has 2 rings (SSSR count). The zero-order valence-corrected chi connectivity index (χ0v) is 11.3. The molecule has 88 valence electrons. The summed E-state index contributed by atoms with van der Waals surface area (Å²) in [6.45, 7) is 1.94. The number of rotatable bonds is 2. The number of pyridine rings is 1. The quantitative estimate of drug-likeness (QED) is 0.927. The third-order valence-corrected chi connectivity index (χ3v) is 3.28. The summed E-state index contributed by atoms with van der Waals surface area (Å²) < 4.78 is 0.470. The molecule has 0 aliphatic carbocycles. The number of nitrogens with zero attached hydrogens (tertiary/aromatic N) is 2. The van der Waals surface area contributed by atoms with E-state index in [1.54, 1.807) is 12.1 Å². The van der Waals surface area contributed by atoms with E-state index >= 15 is 0 Å². The van der Waals surface area contributed by atoms with E-state index in [1.165, 1.54) is 6.20 Å². The molecule has 0 aliphatic rings. The Balaban J connectivity index is 2.56. The van der Waals surface area contributed by atoms with Crippen LogP contribution in [0.2, 0.25) is 5.02 Å². The molecular formula is C11H9BrClN3O. The van der Waals surface area contributed by atoms with Crippen molar-refractivity contribution in [3.8, 4) is 11.5 Å². The Labute approximate surface area is 111 Å². The van der Waals surface area contributed by atoms with Gasteiger partial charge in [-0.05, 0) is 34.5 Å². The average molecular weight is 315 g/mol. The lowest BCUT2D eigenvalue weighted by molar-refractivity contribution is 0.964. The summed E-state index contributed by atoms with van der Waals surface area (Å²) in [6, 6.07) is 3.42. The minimum atomic E-state index is -0.205. The number of halogens is 2. The molecule has 0 aromatic carbocycles. The van der Waals surface area contributed by atoms with Crippen LogP contribution in [0.4, 0.5) is 0 Å². The zero-order valence-electron chi connectivity index (χ0n) is 9.00. The van der Waals surface area contributed by atoms with Gasteiger partial charge in [0.15, 0.2) is 5.82 Å². The number of nitrogens with one attached hydrogen (secondary N) is 1. The second-order valence-corrected chi connectivity index (χ2v) is 4.62. The summed E-state index contributed by atoms with van der Waals surface area (Å²) >= 11 is 8.96. The molecule has 0 fully saturated rings. The fourth-order valence-corrected chi connectivity index (χ4v) is 1.96. The van der Waals surface area contributed by atoms with Crippen molar-refractivity contribution < 1.29 is 0 Å². The highest BCUT2D eigenvalue weighted by atomic mass is 79.9. The lowest BCUT2D eigenvalue weighted by Crippen LogP contribution is -2.13. The highest BCUT2D eigenvalue weighted by Crippen LogP contribution is 2.16. The molecule has 0 radical (unpaired) electrons. The van der Waals surface area contributed by atoms with Crippen molar-refractivity contribution in [1.82, 2.24) is 15.0 Å². The maximum Gasteiger partial charge on any atom is 0.265 e. The normalized spacial score (nSPS) is 10.5. The van der Waals surface area contributed by atoms with Crippen molar-refractivity contribution in [2.45, 2.75) is 13.3 Å². The van der Waals surface area contributed by atoms with Crippen molar-refractivity contribution in [3.63, 3.8) is 0 Å². The topological polar surface area (TPSA) is 58.6 Å². The van der Waals surface area contributed by atoms with Gasteiger partial charge in [-0.2, -0.15) is 0 Å². The van der Waals surface area contributed by atoms with Crippen molar-refractivity contribution in [2.24, 2.45) is 0 Å². The van der Waals surface area contributed by atoms with Gasteiger partial charge in [0, 0.05) is 6.20 Å². The molecule has 0 atom stereocenters. The minimum Gasteiger partial charge on any atom is -0.304 e. The van der Waals surface area contributed by atoms with Gasteiger partial charge in [-0.1, -0.05) is 18.5 Å². The summed E-state index contributed by atoms with van der Waals surface area (Å²) in [7, 11) is 0. The third kappa shape index (κ3) is 2.56. The van der Waals surface area contributed by atoms with E-state index in [2.05, 4.69) is 30.9 Å². The number of aromatic nitrogens is 3. The Kier molecular flexibility index (Phi) is 3.59. The molecule has 6 heteroatoms. The first kappa shape index (κ1) is 12.3. The molecule has 2 aromatic rings. The monoisotopic (exact) mass is 313 g/mol. The maximum absolute atomic E-state index is 11.7. The second-order valence-electron chi connectivity index (χ2n) is 3.39. The highest BCUT2D eigenvalue weighted by Gasteiger charge is 2.09. The van der Waals surface area contributed by atoms with Crippen molar-refractivity contribution in [3.05, 3.63) is 43.9 Å². The second kappa shape index (κ2) is 4.98. The van der Waals surface area contributed by atoms with E-state index in [0.717, 1.165) is 0 Å². The minimum absolute atomic E-state index is 0.205. The Morgan fingerprint density at radius 2 is 2.24 bits per heavy atom. The van der Waals surface area contributed by atoms with Gasteiger partial charge < -0.3 is 4.98 Å². The maximum atomic E-state index is 11.7. The van der Waals surface area contributed by atoms with Gasteiger partial charge in [0.1, 0.15) is 10.2 Å². The first-order valence-corrected chi connectivity index (χ1v) is 6.19. The molecule has 0 unspecified atom stereocenters. The average Bonchev–Trinajstić information content (AvgIpc) is 2.33. The first-order valence-electron chi connectivity index (χ1n) is 5.02. The van der Waals surface area contributed by atoms with Gasteiger partial charge in [-0.3, -0.25) is 9.78 Å². The molecule has 0 bridgehead atoms. The van der Waals surface area contributed by atoms with Crippen molar-refractivity contribution in [2.75, 3.05) is 0 Å². The smallest absolute Gasteiger partial charge is 0.265 e. The third-order valence-electron chi connectivity index (χ3n) is 2.24. The number of aryl methyl sites for hydroxylation is 1. The standard InChI is InChI=1S/C11H9BrClN3O/c1-2-7-9(12)11(17)16-10(15-7)8-4-3-6(13)5-14-8/h3-5H,2H2,1H3,(H,15,16,17). The molecule has 2 heterocycles. The fraction of sp³-hybridized carbons (Fsp3) is 0.182. The van der Waals surface area contributed by atoms with Gasteiger partial charge in [0.2, 0.25) is 0 Å². The van der Waals surface area contributed by atoms with E-state index in [4.69, 9.17) is 11.6 Å². The molecular weight excluding hydrogens is 305 g/mol. The Morgan fingerprint density at radius 3 is 2.82 bits per heavy atom. The number of hydrogen-bond acceptors (Lipinski definition) is 3. The van der Waals surface area contributed by atoms with Crippen LogP contribution >= 0.6 is 27.5 Å². The molecule has 0 saturated heterocycles. The van der Waals surface area contributed by atoms with Crippen LogP contribution in [-0.4, -0.2) is 15.0 Å². The van der Waals surface area contributed by atoms with E-state index < -0.39 is 0 Å². The summed E-state index contributed by atoms with van der Waals surface area (Å²) in [5.41, 5.74) is 1.10. The Bertz CT molecular complexity index is 595. The molecule has 4 nitrogen and oxygen atoms in total. The molecule has 0 amide bonds. The first-order chi connectivity index (χ1) is 8.11. The summed E-state index contributed by atoms with van der Waals surface area (Å²) in [5.74, 6) is 0.451. The molecule has 0 saturated carbocycles. The van der Waals surface area contributed by atoms with Gasteiger partial charge in [-0.15, -0.1) is 0 Å². The number of aromatic amines is 1. The Hall–Kier alpha value is -1.20. The lowest BCUT2D eigenvalue weighted by Gasteiger charge is -2.04. The van der Waals surface area contributed by atoms with Crippen molar-refractivity contribution in [1.29, 1.82) is 0 Å². The van der Waals surface area contributed by atoms with Crippen molar-refractivity contribution >= 4 is 27.5 Å². The Morgan fingerprint density at radius 1 is 1.47 bits per heavy atom. The highest BCUT2D eigenvalue weighted by molar-refractivity contribution is 9.10. The van der Waals surface area contributed by atoms with Crippen LogP contribution in [-0.2, 0) is 6.42 Å². The molecule has 1 N–H and O–H groups in total. The van der Waals surface area contributed by atoms with Crippen LogP contribution in [0.25, 0.3) is 11.5 Å². The SMILES string of the molecule is CCc1nc(-c2ccc(Cl)cn2)[nH]c(=O)c1Br. The van der Waals surface area contributed by atoms with Crippen LogP contribution in [0.5, 0.6) is 0 Å². The molecule has 2 aromatic heterocycles. The van der Waals surface area contributed by atoms with E-state index in [0.29, 0.717) is 33.1 Å². The van der Waals surface area contributed by atoms with E-state index in [-0.39, 0.29) is 5.56 Å². The predicted molar refractivity (Wildman–Crippen MR) is 70.2 cm³/mol. The largest absolute Gasteiger partial charge is 0.304 e. The zero-order chi connectivity index (χ0) is 12.4. The summed E-state index contributed by atoms with van der Waals surface area (Å²) in [6.07, 6.45) is 2.19. The van der Waals surface area contributed by atoms with E-state index in [9.17, 15) is 4.79 Å². The van der Waals surface area contributed by atoms with Crippen LogP contribution in [0.1, 0.15) is 12.6 Å². The molecule has 0 aliphatic heterocycles. The summed E-state index contributed by atoms with van der Waals surface area (Å²) in [5, 5.41) is 0.545. The lowest BCUT2D eigenvalue weighted by atomic mass is 10.3. The van der Waals surface area contributed by atoms with Gasteiger partial charge in [0.25, 0.3) is 5.56 Å². The fourth-order valence-electron chi connectivity index (χ4n) is 1.38. The van der Waals surface area contributed by atoms with Gasteiger partial charge in [-0.25, -0.2) is 4.98 Å². The molecule has 17 heavy (non-hydrogen) atoms. The van der Waals surface area contributed by atoms with Gasteiger partial charge in [0.05, 0.1) is 10.7 Å². The number of H-pyrrole nitrogens is 1. The van der Waals surface area contributed by atoms with Gasteiger partial charge >= 0.3 is 0 Å². The van der Waals surface area contributed by atoms with Crippen LogP contribution in [0.15, 0.2) is 27.6 Å². The molecule has 0 spiro atoms. The van der Waals surface area contributed by atoms with E-state index in [1.807, 2.05) is 6.92 Å². The van der Waals surface area contributed by atoms with Crippen LogP contribution in [0.3, 0.4) is 0 Å². The van der Waals surface area contributed by atoms with Crippen LogP contribution < -0.4 is 5.56 Å². The predicted octanol–water partition coefficient (Wildman–Crippen LogP) is 2.81. The summed E-state index contributed by atoms with van der Waals surface area (Å²) in [4.78, 5) is 22.8. The number of hydrogen-bond donors (Lipinski definition) is 1. The van der Waals surface area contributed by atoms with Crippen LogP contribution in [0, 0.1) is 0 Å².